The first-order chi connectivity index (χ1) is 7.56. The molecule has 0 aliphatic rings. The van der Waals surface area contributed by atoms with Gasteiger partial charge in [0.15, 0.2) is 6.20 Å². The lowest BCUT2D eigenvalue weighted by Crippen LogP contribution is -2.33. The van der Waals surface area contributed by atoms with E-state index in [-0.39, 0.29) is 18.5 Å². The maximum Gasteiger partial charge on any atom is 0.363 e. The molecular formula is C10H15N3O3. The van der Waals surface area contributed by atoms with Crippen LogP contribution >= 0.6 is 0 Å². The molecule has 0 radical (unpaired) electrons. The highest BCUT2D eigenvalue weighted by molar-refractivity contribution is 5.47. The molecule has 88 valence electrons. The molecule has 1 heterocycles. The van der Waals surface area contributed by atoms with Gasteiger partial charge in [-0.3, -0.25) is 0 Å². The molecular weight excluding hydrogens is 210 g/mol. The van der Waals surface area contributed by atoms with Gasteiger partial charge >= 0.3 is 5.82 Å². The maximum absolute atomic E-state index is 10.4. The van der Waals surface area contributed by atoms with E-state index in [4.69, 9.17) is 5.11 Å². The topological polar surface area (TPSA) is 79.5 Å². The van der Waals surface area contributed by atoms with Crippen molar-refractivity contribution in [2.45, 2.75) is 19.9 Å². The number of aliphatic hydroxyl groups excluding tert-OH is 1. The largest absolute Gasteiger partial charge is 0.395 e. The Bertz CT molecular complexity index is 351. The summed E-state index contributed by atoms with van der Waals surface area (Å²) in [7, 11) is 0. The number of pyridine rings is 1. The van der Waals surface area contributed by atoms with Gasteiger partial charge in [0.05, 0.1) is 12.3 Å². The molecule has 1 aromatic rings. The van der Waals surface area contributed by atoms with E-state index in [9.17, 15) is 10.1 Å². The molecule has 6 heteroatoms. The van der Waals surface area contributed by atoms with Crippen molar-refractivity contribution in [3.8, 4) is 0 Å². The second kappa shape index (κ2) is 5.41. The Morgan fingerprint density at radius 3 is 2.62 bits per heavy atom. The molecule has 6 nitrogen and oxygen atoms in total. The van der Waals surface area contributed by atoms with Gasteiger partial charge in [0.2, 0.25) is 0 Å². The highest BCUT2D eigenvalue weighted by atomic mass is 16.6. The van der Waals surface area contributed by atoms with Gasteiger partial charge in [-0.2, -0.15) is 0 Å². The van der Waals surface area contributed by atoms with Gasteiger partial charge < -0.3 is 20.1 Å². The summed E-state index contributed by atoms with van der Waals surface area (Å²) in [6.07, 6.45) is 1.45. The van der Waals surface area contributed by atoms with Crippen LogP contribution in [0.4, 0.5) is 11.5 Å². The number of aromatic nitrogens is 1. The maximum atomic E-state index is 10.4. The van der Waals surface area contributed by atoms with Crippen LogP contribution in [0.15, 0.2) is 18.3 Å². The SMILES string of the molecule is CC(C)N(CCO)c1ccc([N+](=O)[O-])nc1. The van der Waals surface area contributed by atoms with E-state index in [2.05, 4.69) is 4.98 Å². The molecule has 0 aromatic carbocycles. The van der Waals surface area contributed by atoms with E-state index in [1.165, 1.54) is 12.3 Å². The Hall–Kier alpha value is -1.69. The molecule has 0 unspecified atom stereocenters. The molecule has 1 aromatic heterocycles. The molecule has 0 saturated heterocycles. The fourth-order valence-electron chi connectivity index (χ4n) is 1.45. The normalized spacial score (nSPS) is 10.5. The predicted molar refractivity (Wildman–Crippen MR) is 60.5 cm³/mol. The number of nitrogens with zero attached hydrogens (tertiary/aromatic N) is 3. The molecule has 1 rings (SSSR count). The van der Waals surface area contributed by atoms with Crippen LogP contribution in [0.5, 0.6) is 0 Å². The number of anilines is 1. The summed E-state index contributed by atoms with van der Waals surface area (Å²) in [5.74, 6) is -0.170. The molecule has 0 bridgehead atoms. The number of aliphatic hydroxyl groups is 1. The van der Waals surface area contributed by atoms with Gasteiger partial charge in [0.1, 0.15) is 0 Å². The summed E-state index contributed by atoms with van der Waals surface area (Å²) in [5, 5.41) is 19.4. The highest BCUT2D eigenvalue weighted by Crippen LogP contribution is 2.18. The van der Waals surface area contributed by atoms with Crippen LogP contribution < -0.4 is 4.90 Å². The number of hydrogen-bond acceptors (Lipinski definition) is 5. The standard InChI is InChI=1S/C10H15N3O3/c1-8(2)12(5-6-14)9-3-4-10(11-7-9)13(15)16/h3-4,7-8,14H,5-6H2,1-2H3. The Morgan fingerprint density at radius 2 is 2.25 bits per heavy atom. The molecule has 0 fully saturated rings. The van der Waals surface area contributed by atoms with Crippen LogP contribution in [0.1, 0.15) is 13.8 Å². The molecule has 0 amide bonds. The molecule has 0 aliphatic carbocycles. The van der Waals surface area contributed by atoms with Gasteiger partial charge in [0.25, 0.3) is 0 Å². The smallest absolute Gasteiger partial charge is 0.363 e. The van der Waals surface area contributed by atoms with Gasteiger partial charge in [-0.05, 0) is 29.8 Å². The van der Waals surface area contributed by atoms with Crippen LogP contribution in [0.2, 0.25) is 0 Å². The first kappa shape index (κ1) is 12.4. The van der Waals surface area contributed by atoms with Crippen molar-refractivity contribution in [1.29, 1.82) is 0 Å². The number of hydrogen-bond donors (Lipinski definition) is 1. The minimum atomic E-state index is -0.532. The Balaban J connectivity index is 2.89. The van der Waals surface area contributed by atoms with E-state index in [1.54, 1.807) is 6.07 Å². The third kappa shape index (κ3) is 2.90. The van der Waals surface area contributed by atoms with Gasteiger partial charge in [0, 0.05) is 18.7 Å². The summed E-state index contributed by atoms with van der Waals surface area (Å²) >= 11 is 0. The van der Waals surface area contributed by atoms with Crippen molar-refractivity contribution in [3.05, 3.63) is 28.4 Å². The average Bonchev–Trinajstić information content (AvgIpc) is 2.25. The lowest BCUT2D eigenvalue weighted by Gasteiger charge is -2.26. The van der Waals surface area contributed by atoms with Crippen LogP contribution in [0, 0.1) is 10.1 Å². The zero-order chi connectivity index (χ0) is 12.1. The summed E-state index contributed by atoms with van der Waals surface area (Å²) < 4.78 is 0. The fourth-order valence-corrected chi connectivity index (χ4v) is 1.45. The molecule has 0 atom stereocenters. The van der Waals surface area contributed by atoms with Gasteiger partial charge in [-0.1, -0.05) is 0 Å². The molecule has 16 heavy (non-hydrogen) atoms. The third-order valence-corrected chi connectivity index (χ3v) is 2.22. The third-order valence-electron chi connectivity index (χ3n) is 2.22. The average molecular weight is 225 g/mol. The molecule has 0 saturated carbocycles. The summed E-state index contributed by atoms with van der Waals surface area (Å²) in [6.45, 7) is 4.49. The summed E-state index contributed by atoms with van der Waals surface area (Å²) in [5.41, 5.74) is 0.773. The number of rotatable bonds is 5. The van der Waals surface area contributed by atoms with Crippen molar-refractivity contribution in [1.82, 2.24) is 4.98 Å². The van der Waals surface area contributed by atoms with E-state index in [0.29, 0.717) is 6.54 Å². The Kier molecular flexibility index (Phi) is 4.19. The minimum absolute atomic E-state index is 0.0369. The molecule has 0 spiro atoms. The second-order valence-corrected chi connectivity index (χ2v) is 3.64. The van der Waals surface area contributed by atoms with E-state index in [1.807, 2.05) is 18.7 Å². The molecule has 0 aliphatic heterocycles. The zero-order valence-electron chi connectivity index (χ0n) is 9.33. The van der Waals surface area contributed by atoms with Gasteiger partial charge in [-0.15, -0.1) is 0 Å². The predicted octanol–water partition coefficient (Wildman–Crippen LogP) is 1.20. The van der Waals surface area contributed by atoms with Crippen molar-refractivity contribution < 1.29 is 10.0 Å². The van der Waals surface area contributed by atoms with Crippen LogP contribution in [0.25, 0.3) is 0 Å². The number of nitro groups is 1. The Morgan fingerprint density at radius 1 is 1.56 bits per heavy atom. The molecule has 1 N–H and O–H groups in total. The lowest BCUT2D eigenvalue weighted by molar-refractivity contribution is -0.389. The minimum Gasteiger partial charge on any atom is -0.395 e. The van der Waals surface area contributed by atoms with Crippen LogP contribution in [-0.4, -0.2) is 34.2 Å². The van der Waals surface area contributed by atoms with Crippen molar-refractivity contribution in [2.75, 3.05) is 18.1 Å². The van der Waals surface area contributed by atoms with Crippen molar-refractivity contribution in [3.63, 3.8) is 0 Å². The quantitative estimate of drug-likeness (QED) is 0.601. The first-order valence-corrected chi connectivity index (χ1v) is 5.04. The van der Waals surface area contributed by atoms with Gasteiger partial charge in [-0.25, -0.2) is 0 Å². The second-order valence-electron chi connectivity index (χ2n) is 3.64. The van der Waals surface area contributed by atoms with E-state index in [0.717, 1.165) is 5.69 Å². The van der Waals surface area contributed by atoms with E-state index < -0.39 is 4.92 Å². The fraction of sp³-hybridized carbons (Fsp3) is 0.500. The van der Waals surface area contributed by atoms with Crippen LogP contribution in [0.3, 0.4) is 0 Å². The monoisotopic (exact) mass is 225 g/mol. The first-order valence-electron chi connectivity index (χ1n) is 5.04. The zero-order valence-corrected chi connectivity index (χ0v) is 9.33. The van der Waals surface area contributed by atoms with Crippen molar-refractivity contribution >= 4 is 11.5 Å². The summed E-state index contributed by atoms with van der Waals surface area (Å²) in [4.78, 5) is 15.6. The summed E-state index contributed by atoms with van der Waals surface area (Å²) in [6, 6.07) is 3.21. The lowest BCUT2D eigenvalue weighted by atomic mass is 10.2. The highest BCUT2D eigenvalue weighted by Gasteiger charge is 2.13. The van der Waals surface area contributed by atoms with Crippen LogP contribution in [-0.2, 0) is 0 Å². The Labute approximate surface area is 93.7 Å². The van der Waals surface area contributed by atoms with Crippen molar-refractivity contribution in [2.24, 2.45) is 0 Å². The van der Waals surface area contributed by atoms with E-state index >= 15 is 0 Å².